The van der Waals surface area contributed by atoms with Crippen molar-refractivity contribution in [3.63, 3.8) is 0 Å². The summed E-state index contributed by atoms with van der Waals surface area (Å²) in [5, 5.41) is 8.26. The first-order chi connectivity index (χ1) is 13.8. The van der Waals surface area contributed by atoms with E-state index in [1.54, 1.807) is 0 Å². The van der Waals surface area contributed by atoms with Crippen molar-refractivity contribution < 1.29 is 9.59 Å². The number of likely N-dealkylation sites (N-methyl/N-ethyl adjacent to an activating group) is 1. The Balaban J connectivity index is 1.83. The minimum Gasteiger partial charge on any atom is -0.336 e. The van der Waals surface area contributed by atoms with Crippen LogP contribution >= 0.6 is 15.9 Å². The van der Waals surface area contributed by atoms with Crippen molar-refractivity contribution in [2.75, 3.05) is 32.5 Å². The Hall–Kier alpha value is -2.38. The third-order valence-electron chi connectivity index (χ3n) is 4.72. The number of nitrogens with zero attached hydrogens (tertiary/aromatic N) is 1. The molecule has 3 N–H and O–H groups in total. The van der Waals surface area contributed by atoms with Crippen LogP contribution in [0.3, 0.4) is 0 Å². The van der Waals surface area contributed by atoms with Gasteiger partial charge < -0.3 is 20.9 Å². The average Bonchev–Trinajstić information content (AvgIpc) is 2.69. The lowest BCUT2D eigenvalue weighted by atomic mass is 10.0. The second-order valence-corrected chi connectivity index (χ2v) is 8.06. The predicted octanol–water partition coefficient (Wildman–Crippen LogP) is 3.86. The lowest BCUT2D eigenvalue weighted by molar-refractivity contribution is -0.115. The molecular formula is C22H29BrN4O2. The number of hydrogen-bond donors (Lipinski definition) is 3. The van der Waals surface area contributed by atoms with Gasteiger partial charge in [0.25, 0.3) is 0 Å². The average molecular weight is 461 g/mol. The van der Waals surface area contributed by atoms with Crippen LogP contribution in [0.2, 0.25) is 0 Å². The van der Waals surface area contributed by atoms with Crippen LogP contribution in [0.15, 0.2) is 46.9 Å². The molecule has 2 rings (SSSR count). The van der Waals surface area contributed by atoms with Gasteiger partial charge in [0.05, 0.1) is 12.6 Å². The molecule has 0 fully saturated rings. The Morgan fingerprint density at radius 1 is 1.07 bits per heavy atom. The van der Waals surface area contributed by atoms with Crippen molar-refractivity contribution in [2.24, 2.45) is 0 Å². The molecule has 3 amide bonds. The first-order valence-corrected chi connectivity index (χ1v) is 10.4. The summed E-state index contributed by atoms with van der Waals surface area (Å²) >= 11 is 3.39. The minimum atomic E-state index is -0.371. The lowest BCUT2D eigenvalue weighted by Gasteiger charge is -2.25. The van der Waals surface area contributed by atoms with Crippen LogP contribution in [0.4, 0.5) is 10.5 Å². The molecule has 1 unspecified atom stereocenters. The van der Waals surface area contributed by atoms with E-state index in [4.69, 9.17) is 0 Å². The highest BCUT2D eigenvalue weighted by Gasteiger charge is 2.15. The van der Waals surface area contributed by atoms with Crippen LogP contribution in [0.25, 0.3) is 0 Å². The minimum absolute atomic E-state index is 0.0471. The van der Waals surface area contributed by atoms with Crippen molar-refractivity contribution in [3.05, 3.63) is 63.6 Å². The molecule has 0 saturated carbocycles. The quantitative estimate of drug-likeness (QED) is 0.559. The second-order valence-electron chi connectivity index (χ2n) is 7.15. The number of rotatable bonds is 8. The van der Waals surface area contributed by atoms with E-state index in [1.807, 2.05) is 39.2 Å². The highest BCUT2D eigenvalue weighted by Crippen LogP contribution is 2.20. The van der Waals surface area contributed by atoms with Gasteiger partial charge in [0.15, 0.2) is 0 Å². The normalized spacial score (nSPS) is 11.8. The number of halogens is 1. The number of nitrogens with one attached hydrogen (secondary N) is 3. The largest absolute Gasteiger partial charge is 0.336 e. The molecule has 0 bridgehead atoms. The van der Waals surface area contributed by atoms with Gasteiger partial charge in [-0.3, -0.25) is 4.79 Å². The van der Waals surface area contributed by atoms with Gasteiger partial charge in [-0.15, -0.1) is 0 Å². The van der Waals surface area contributed by atoms with Crippen LogP contribution < -0.4 is 16.0 Å². The van der Waals surface area contributed by atoms with Crippen LogP contribution in [-0.4, -0.2) is 44.0 Å². The highest BCUT2D eigenvalue weighted by molar-refractivity contribution is 9.10. The van der Waals surface area contributed by atoms with Crippen LogP contribution in [0.1, 0.15) is 29.7 Å². The van der Waals surface area contributed by atoms with E-state index in [9.17, 15) is 9.59 Å². The number of aryl methyl sites for hydroxylation is 2. The molecule has 6 nitrogen and oxygen atoms in total. The number of amides is 3. The summed E-state index contributed by atoms with van der Waals surface area (Å²) in [5.41, 5.74) is 4.09. The third-order valence-corrected chi connectivity index (χ3v) is 5.22. The number of benzene rings is 2. The molecule has 0 aromatic heterocycles. The van der Waals surface area contributed by atoms with E-state index >= 15 is 0 Å². The zero-order valence-electron chi connectivity index (χ0n) is 17.4. The number of urea groups is 1. The Kier molecular flexibility index (Phi) is 8.67. The molecule has 2 aromatic rings. The monoisotopic (exact) mass is 460 g/mol. The standard InChI is InChI=1S/C22H29BrN4O2/c1-5-16-6-8-17(9-7-16)20(27(3)4)13-24-22(29)25-14-21(28)26-19-11-10-18(23)12-15(19)2/h6-12,20H,5,13-14H2,1-4H3,(H,26,28)(H2,24,25,29). The molecule has 1 atom stereocenters. The summed E-state index contributed by atoms with van der Waals surface area (Å²) in [6.07, 6.45) is 0.995. The maximum atomic E-state index is 12.1. The number of anilines is 1. The van der Waals surface area contributed by atoms with Crippen molar-refractivity contribution >= 4 is 33.6 Å². The zero-order valence-corrected chi connectivity index (χ0v) is 19.0. The predicted molar refractivity (Wildman–Crippen MR) is 121 cm³/mol. The lowest BCUT2D eigenvalue weighted by Crippen LogP contribution is -2.43. The molecule has 7 heteroatoms. The summed E-state index contributed by atoms with van der Waals surface area (Å²) < 4.78 is 0.949. The van der Waals surface area contributed by atoms with Gasteiger partial charge in [-0.1, -0.05) is 47.1 Å². The molecule has 29 heavy (non-hydrogen) atoms. The molecule has 0 spiro atoms. The van der Waals surface area contributed by atoms with Gasteiger partial charge in [-0.2, -0.15) is 0 Å². The van der Waals surface area contributed by atoms with Gasteiger partial charge in [0, 0.05) is 16.7 Å². The number of carbonyl (C=O) groups is 2. The van der Waals surface area contributed by atoms with Gasteiger partial charge in [-0.25, -0.2) is 4.79 Å². The van der Waals surface area contributed by atoms with E-state index in [-0.39, 0.29) is 24.5 Å². The SMILES string of the molecule is CCc1ccc(C(CNC(=O)NCC(=O)Nc2ccc(Br)cc2C)N(C)C)cc1. The third kappa shape index (κ3) is 7.18. The summed E-state index contributed by atoms with van der Waals surface area (Å²) in [6.45, 7) is 4.38. The molecule has 0 aliphatic carbocycles. The molecule has 0 heterocycles. The molecule has 0 saturated heterocycles. The zero-order chi connectivity index (χ0) is 21.4. The topological polar surface area (TPSA) is 73.5 Å². The van der Waals surface area contributed by atoms with E-state index in [2.05, 4.69) is 68.0 Å². The van der Waals surface area contributed by atoms with Crippen LogP contribution in [0, 0.1) is 6.92 Å². The molecule has 0 aliphatic rings. The van der Waals surface area contributed by atoms with Gasteiger partial charge in [-0.05, 0) is 62.3 Å². The number of carbonyl (C=O) groups excluding carboxylic acids is 2. The summed E-state index contributed by atoms with van der Waals surface area (Å²) in [4.78, 5) is 26.3. The smallest absolute Gasteiger partial charge is 0.315 e. The van der Waals surface area contributed by atoms with Crippen LogP contribution in [-0.2, 0) is 11.2 Å². The molecular weight excluding hydrogens is 432 g/mol. The Labute approximate surface area is 181 Å². The Bertz CT molecular complexity index is 837. The van der Waals surface area contributed by atoms with Gasteiger partial charge >= 0.3 is 6.03 Å². The Morgan fingerprint density at radius 3 is 2.34 bits per heavy atom. The molecule has 0 radical (unpaired) electrons. The maximum absolute atomic E-state index is 12.1. The fraction of sp³-hybridized carbons (Fsp3) is 0.364. The maximum Gasteiger partial charge on any atom is 0.315 e. The number of hydrogen-bond acceptors (Lipinski definition) is 3. The van der Waals surface area contributed by atoms with Crippen molar-refractivity contribution in [2.45, 2.75) is 26.3 Å². The fourth-order valence-corrected chi connectivity index (χ4v) is 3.42. The first kappa shape index (κ1) is 22.9. The van der Waals surface area contributed by atoms with Gasteiger partial charge in [0.1, 0.15) is 0 Å². The second kappa shape index (κ2) is 11.0. The van der Waals surface area contributed by atoms with E-state index in [0.29, 0.717) is 6.54 Å². The summed E-state index contributed by atoms with van der Waals surface area (Å²) in [7, 11) is 3.96. The fourth-order valence-electron chi connectivity index (χ4n) is 2.95. The van der Waals surface area contributed by atoms with Crippen LogP contribution in [0.5, 0.6) is 0 Å². The summed E-state index contributed by atoms with van der Waals surface area (Å²) in [5.74, 6) is -0.273. The van der Waals surface area contributed by atoms with Crippen molar-refractivity contribution in [1.82, 2.24) is 15.5 Å². The first-order valence-electron chi connectivity index (χ1n) is 9.63. The Morgan fingerprint density at radius 2 is 1.76 bits per heavy atom. The van der Waals surface area contributed by atoms with E-state index in [1.165, 1.54) is 5.56 Å². The van der Waals surface area contributed by atoms with Gasteiger partial charge in [0.2, 0.25) is 5.91 Å². The molecule has 0 aliphatic heterocycles. The highest BCUT2D eigenvalue weighted by atomic mass is 79.9. The van der Waals surface area contributed by atoms with E-state index < -0.39 is 0 Å². The molecule has 2 aromatic carbocycles. The van der Waals surface area contributed by atoms with E-state index in [0.717, 1.165) is 27.7 Å². The molecule has 156 valence electrons. The summed E-state index contributed by atoms with van der Waals surface area (Å²) in [6, 6.07) is 13.7. The van der Waals surface area contributed by atoms with Crippen molar-refractivity contribution in [3.8, 4) is 0 Å². The van der Waals surface area contributed by atoms with Crippen molar-refractivity contribution in [1.29, 1.82) is 0 Å².